The summed E-state index contributed by atoms with van der Waals surface area (Å²) in [6.45, 7) is 1.93. The largest absolute Gasteiger partial charge is 0.464 e. The highest BCUT2D eigenvalue weighted by atomic mass is 16.6. The number of hydrogen-bond acceptors (Lipinski definition) is 6. The third-order valence-electron chi connectivity index (χ3n) is 5.21. The van der Waals surface area contributed by atoms with E-state index in [9.17, 15) is 19.7 Å². The molecule has 0 saturated heterocycles. The molecule has 1 aromatic heterocycles. The number of para-hydroxylation sites is 1. The number of allylic oxidation sites excluding steroid dienone is 1. The minimum atomic E-state index is -0.493. The topological polar surface area (TPSA) is 102 Å². The summed E-state index contributed by atoms with van der Waals surface area (Å²) in [7, 11) is 0. The molecule has 33 heavy (non-hydrogen) atoms. The normalized spacial score (nSPS) is 11.4. The molecular weight excluding hydrogens is 420 g/mol. The second-order valence-corrected chi connectivity index (χ2v) is 7.58. The predicted octanol–water partition coefficient (Wildman–Crippen LogP) is 5.43. The summed E-state index contributed by atoms with van der Waals surface area (Å²) < 4.78 is 5.60. The molecular formula is C26H20N2O5. The summed E-state index contributed by atoms with van der Waals surface area (Å²) >= 11 is 0. The molecule has 0 aliphatic heterocycles. The number of carbonyl (C=O) groups excluding carboxylic acids is 1. The van der Waals surface area contributed by atoms with E-state index in [1.54, 1.807) is 48.5 Å². The number of nitro benzene ring substituents is 1. The number of hydrogen-bond donors (Lipinski definition) is 1. The second-order valence-electron chi connectivity index (χ2n) is 7.58. The SMILES string of the molecule is Cc1ccc(C(=O)/C(=C/Nc2cccc([N+](=O)[O-])c2)Cc2coc3ccccc3c2=O)cc1. The van der Waals surface area contributed by atoms with Crippen molar-refractivity contribution in [1.82, 2.24) is 0 Å². The van der Waals surface area contributed by atoms with Crippen LogP contribution in [-0.4, -0.2) is 10.7 Å². The summed E-state index contributed by atoms with van der Waals surface area (Å²) in [6.07, 6.45) is 2.88. The van der Waals surface area contributed by atoms with E-state index >= 15 is 0 Å². The highest BCUT2D eigenvalue weighted by Crippen LogP contribution is 2.20. The Morgan fingerprint density at radius 3 is 2.58 bits per heavy atom. The molecule has 3 aromatic carbocycles. The molecule has 0 spiro atoms. The average molecular weight is 440 g/mol. The Kier molecular flexibility index (Phi) is 6.13. The van der Waals surface area contributed by atoms with E-state index in [2.05, 4.69) is 5.32 Å². The highest BCUT2D eigenvalue weighted by Gasteiger charge is 2.17. The molecule has 0 amide bonds. The number of anilines is 1. The van der Waals surface area contributed by atoms with Gasteiger partial charge in [-0.15, -0.1) is 0 Å². The van der Waals surface area contributed by atoms with Crippen molar-refractivity contribution >= 4 is 28.1 Å². The van der Waals surface area contributed by atoms with Gasteiger partial charge in [-0.05, 0) is 25.1 Å². The number of aryl methyl sites for hydroxylation is 1. The molecule has 164 valence electrons. The first-order valence-corrected chi connectivity index (χ1v) is 10.2. The molecule has 0 aliphatic rings. The number of carbonyl (C=O) groups is 1. The zero-order chi connectivity index (χ0) is 23.4. The minimum absolute atomic E-state index is 0.0296. The Morgan fingerprint density at radius 1 is 1.06 bits per heavy atom. The third kappa shape index (κ3) is 4.88. The highest BCUT2D eigenvalue weighted by molar-refractivity contribution is 6.09. The van der Waals surface area contributed by atoms with E-state index in [1.165, 1.54) is 24.6 Å². The fourth-order valence-corrected chi connectivity index (χ4v) is 3.41. The number of fused-ring (bicyclic) bond motifs is 1. The van der Waals surface area contributed by atoms with Gasteiger partial charge in [0.1, 0.15) is 5.58 Å². The van der Waals surface area contributed by atoms with E-state index in [4.69, 9.17) is 4.42 Å². The standard InChI is InChI=1S/C26H20N2O5/c1-17-9-11-18(12-10-17)25(29)19(15-27-21-5-4-6-22(14-21)28(31)32)13-20-16-33-24-8-3-2-7-23(24)26(20)30/h2-12,14-16,27H,13H2,1H3/b19-15+. The Labute approximate surface area is 189 Å². The van der Waals surface area contributed by atoms with E-state index in [0.717, 1.165) is 5.56 Å². The van der Waals surface area contributed by atoms with Crippen LogP contribution in [0.2, 0.25) is 0 Å². The van der Waals surface area contributed by atoms with Crippen LogP contribution in [0.1, 0.15) is 21.5 Å². The lowest BCUT2D eigenvalue weighted by atomic mass is 9.97. The van der Waals surface area contributed by atoms with Crippen molar-refractivity contribution in [2.24, 2.45) is 0 Å². The molecule has 0 aliphatic carbocycles. The Morgan fingerprint density at radius 2 is 1.82 bits per heavy atom. The molecule has 0 unspecified atom stereocenters. The summed E-state index contributed by atoms with van der Waals surface area (Å²) in [5.41, 5.74) is 2.76. The van der Waals surface area contributed by atoms with Crippen LogP contribution in [0.25, 0.3) is 11.0 Å². The van der Waals surface area contributed by atoms with Crippen LogP contribution < -0.4 is 10.7 Å². The van der Waals surface area contributed by atoms with Gasteiger partial charge >= 0.3 is 0 Å². The van der Waals surface area contributed by atoms with Crippen molar-refractivity contribution < 1.29 is 14.1 Å². The van der Waals surface area contributed by atoms with Gasteiger partial charge in [0, 0.05) is 47.1 Å². The molecule has 7 nitrogen and oxygen atoms in total. The van der Waals surface area contributed by atoms with Crippen LogP contribution in [0.5, 0.6) is 0 Å². The van der Waals surface area contributed by atoms with Crippen molar-refractivity contribution in [1.29, 1.82) is 0 Å². The molecule has 0 atom stereocenters. The van der Waals surface area contributed by atoms with Gasteiger partial charge in [-0.1, -0.05) is 48.0 Å². The second kappa shape index (κ2) is 9.32. The van der Waals surface area contributed by atoms with Gasteiger partial charge < -0.3 is 9.73 Å². The Bertz CT molecular complexity index is 1440. The third-order valence-corrected chi connectivity index (χ3v) is 5.21. The van der Waals surface area contributed by atoms with Crippen molar-refractivity contribution in [3.63, 3.8) is 0 Å². The van der Waals surface area contributed by atoms with E-state index in [1.807, 2.05) is 19.1 Å². The van der Waals surface area contributed by atoms with Gasteiger partial charge in [0.2, 0.25) is 0 Å². The fraction of sp³-hybridized carbons (Fsp3) is 0.0769. The lowest BCUT2D eigenvalue weighted by Gasteiger charge is -2.09. The summed E-state index contributed by atoms with van der Waals surface area (Å²) in [5.74, 6) is -0.263. The zero-order valence-corrected chi connectivity index (χ0v) is 17.8. The average Bonchev–Trinajstić information content (AvgIpc) is 2.83. The molecule has 1 N–H and O–H groups in total. The maximum absolute atomic E-state index is 13.3. The number of nitro groups is 1. The van der Waals surface area contributed by atoms with Crippen LogP contribution in [-0.2, 0) is 6.42 Å². The lowest BCUT2D eigenvalue weighted by Crippen LogP contribution is -2.14. The summed E-state index contributed by atoms with van der Waals surface area (Å²) in [6, 6.07) is 20.0. The Hall–Kier alpha value is -4.52. The minimum Gasteiger partial charge on any atom is -0.464 e. The van der Waals surface area contributed by atoms with Gasteiger partial charge in [0.15, 0.2) is 11.2 Å². The van der Waals surface area contributed by atoms with Gasteiger partial charge in [0.05, 0.1) is 16.6 Å². The van der Waals surface area contributed by atoms with Crippen molar-refractivity contribution in [3.05, 3.63) is 128 Å². The van der Waals surface area contributed by atoms with Gasteiger partial charge in [0.25, 0.3) is 5.69 Å². The maximum atomic E-state index is 13.3. The molecule has 0 bridgehead atoms. The summed E-state index contributed by atoms with van der Waals surface area (Å²) in [4.78, 5) is 36.8. The molecule has 0 saturated carbocycles. The van der Waals surface area contributed by atoms with Crippen LogP contribution in [0, 0.1) is 17.0 Å². The first-order valence-electron chi connectivity index (χ1n) is 10.2. The number of nitrogens with one attached hydrogen (secondary N) is 1. The van der Waals surface area contributed by atoms with Crippen LogP contribution in [0.15, 0.2) is 100 Å². The van der Waals surface area contributed by atoms with E-state index in [0.29, 0.717) is 33.4 Å². The van der Waals surface area contributed by atoms with E-state index in [-0.39, 0.29) is 23.3 Å². The monoisotopic (exact) mass is 440 g/mol. The molecule has 0 radical (unpaired) electrons. The number of Topliss-reactive ketones (excluding diaryl/α,β-unsaturated/α-hetero) is 1. The molecule has 4 rings (SSSR count). The van der Waals surface area contributed by atoms with Crippen LogP contribution in [0.3, 0.4) is 0 Å². The molecule has 1 heterocycles. The maximum Gasteiger partial charge on any atom is 0.271 e. The van der Waals surface area contributed by atoms with Crippen molar-refractivity contribution in [3.8, 4) is 0 Å². The number of ketones is 1. The van der Waals surface area contributed by atoms with Crippen LogP contribution in [0.4, 0.5) is 11.4 Å². The quantitative estimate of drug-likeness (QED) is 0.178. The lowest BCUT2D eigenvalue weighted by molar-refractivity contribution is -0.384. The zero-order valence-electron chi connectivity index (χ0n) is 17.8. The number of rotatable bonds is 7. The summed E-state index contributed by atoms with van der Waals surface area (Å²) in [5, 5.41) is 14.5. The first-order chi connectivity index (χ1) is 15.9. The van der Waals surface area contributed by atoms with Crippen molar-refractivity contribution in [2.45, 2.75) is 13.3 Å². The first kappa shape index (κ1) is 21.7. The predicted molar refractivity (Wildman–Crippen MR) is 126 cm³/mol. The number of nitrogens with zero attached hydrogens (tertiary/aromatic N) is 1. The van der Waals surface area contributed by atoms with Crippen LogP contribution >= 0.6 is 0 Å². The molecule has 7 heteroatoms. The van der Waals surface area contributed by atoms with Crippen molar-refractivity contribution in [2.75, 3.05) is 5.32 Å². The van der Waals surface area contributed by atoms with Gasteiger partial charge in [-0.25, -0.2) is 0 Å². The molecule has 4 aromatic rings. The van der Waals surface area contributed by atoms with E-state index < -0.39 is 4.92 Å². The number of non-ortho nitro benzene ring substituents is 1. The smallest absolute Gasteiger partial charge is 0.271 e. The number of benzene rings is 3. The van der Waals surface area contributed by atoms with Gasteiger partial charge in [-0.3, -0.25) is 19.7 Å². The fourth-order valence-electron chi connectivity index (χ4n) is 3.41. The van der Waals surface area contributed by atoms with Gasteiger partial charge in [-0.2, -0.15) is 0 Å². The molecule has 0 fully saturated rings. The Balaban J connectivity index is 1.72.